The Hall–Kier alpha value is -2.25. The molecule has 2 heterocycles. The summed E-state index contributed by atoms with van der Waals surface area (Å²) in [6, 6.07) is 6.87. The standard InChI is InChI=1S/C28H38N4O2S/c1-19-26(30-28(35-19)29-25(33)18-31(2)23-11-7-4-8-12-23)22-13-14-24-21(17-22)15-16-32(24)27(34)20-9-5-3-6-10-20/h13-14,17,20,23H,3-12,15-16,18H2,1-2H3,(H,29,30,33). The molecule has 2 fully saturated rings. The van der Waals surface area contributed by atoms with Gasteiger partial charge in [0.2, 0.25) is 11.8 Å². The number of anilines is 2. The van der Waals surface area contributed by atoms with Gasteiger partial charge in [-0.3, -0.25) is 14.5 Å². The molecule has 0 radical (unpaired) electrons. The first-order chi connectivity index (χ1) is 17.0. The van der Waals surface area contributed by atoms with E-state index in [0.717, 1.165) is 47.6 Å². The van der Waals surface area contributed by atoms with Crippen LogP contribution in [0.2, 0.25) is 0 Å². The fourth-order valence-corrected chi connectivity index (χ4v) is 6.95. The highest BCUT2D eigenvalue weighted by Gasteiger charge is 2.31. The molecule has 188 valence electrons. The van der Waals surface area contributed by atoms with E-state index in [4.69, 9.17) is 4.98 Å². The summed E-state index contributed by atoms with van der Waals surface area (Å²) in [7, 11) is 2.06. The van der Waals surface area contributed by atoms with Crippen LogP contribution in [0, 0.1) is 12.8 Å². The van der Waals surface area contributed by atoms with Crippen LogP contribution in [0.25, 0.3) is 11.3 Å². The van der Waals surface area contributed by atoms with Crippen molar-refractivity contribution < 1.29 is 9.59 Å². The average molecular weight is 495 g/mol. The number of aromatic nitrogens is 1. The van der Waals surface area contributed by atoms with Gasteiger partial charge >= 0.3 is 0 Å². The minimum Gasteiger partial charge on any atom is -0.312 e. The van der Waals surface area contributed by atoms with Gasteiger partial charge in [-0.2, -0.15) is 0 Å². The summed E-state index contributed by atoms with van der Waals surface area (Å²) in [6.45, 7) is 3.24. The molecule has 2 aliphatic carbocycles. The molecule has 1 N–H and O–H groups in total. The second kappa shape index (κ2) is 10.8. The number of hydrogen-bond acceptors (Lipinski definition) is 5. The predicted octanol–water partition coefficient (Wildman–Crippen LogP) is 5.79. The Morgan fingerprint density at radius 3 is 2.54 bits per heavy atom. The topological polar surface area (TPSA) is 65.5 Å². The third-order valence-corrected chi connectivity index (χ3v) is 8.99. The highest BCUT2D eigenvalue weighted by Crippen LogP contribution is 2.37. The van der Waals surface area contributed by atoms with Crippen molar-refractivity contribution in [2.24, 2.45) is 5.92 Å². The quantitative estimate of drug-likeness (QED) is 0.552. The molecule has 5 rings (SSSR count). The fraction of sp³-hybridized carbons (Fsp3) is 0.607. The molecule has 7 heteroatoms. The van der Waals surface area contributed by atoms with E-state index in [0.29, 0.717) is 23.6 Å². The molecule has 2 amide bonds. The van der Waals surface area contributed by atoms with E-state index in [9.17, 15) is 9.59 Å². The number of nitrogens with zero attached hydrogens (tertiary/aromatic N) is 3. The van der Waals surface area contributed by atoms with Crippen LogP contribution in [0.4, 0.5) is 10.8 Å². The van der Waals surface area contributed by atoms with E-state index >= 15 is 0 Å². The minimum absolute atomic E-state index is 0.00388. The van der Waals surface area contributed by atoms with Crippen LogP contribution in [0.5, 0.6) is 0 Å². The van der Waals surface area contributed by atoms with Gasteiger partial charge in [-0.1, -0.05) is 44.6 Å². The molecular weight excluding hydrogens is 456 g/mol. The molecule has 0 spiro atoms. The first-order valence-electron chi connectivity index (χ1n) is 13.4. The molecule has 0 atom stereocenters. The molecule has 1 aromatic heterocycles. The van der Waals surface area contributed by atoms with Crippen LogP contribution in [-0.4, -0.2) is 47.9 Å². The Morgan fingerprint density at radius 2 is 1.80 bits per heavy atom. The predicted molar refractivity (Wildman–Crippen MR) is 143 cm³/mol. The number of hydrogen-bond donors (Lipinski definition) is 1. The molecule has 0 unspecified atom stereocenters. The Bertz CT molecular complexity index is 1070. The summed E-state index contributed by atoms with van der Waals surface area (Å²) >= 11 is 1.53. The van der Waals surface area contributed by atoms with Crippen LogP contribution < -0.4 is 10.2 Å². The second-order valence-electron chi connectivity index (χ2n) is 10.6. The lowest BCUT2D eigenvalue weighted by Crippen LogP contribution is -2.39. The number of carbonyl (C=O) groups excluding carboxylic acids is 2. The van der Waals surface area contributed by atoms with Crippen molar-refractivity contribution in [3.63, 3.8) is 0 Å². The lowest BCUT2D eigenvalue weighted by atomic mass is 9.88. The molecule has 1 aliphatic heterocycles. The summed E-state index contributed by atoms with van der Waals surface area (Å²) < 4.78 is 0. The lowest BCUT2D eigenvalue weighted by molar-refractivity contribution is -0.123. The van der Waals surface area contributed by atoms with Crippen molar-refractivity contribution in [3.8, 4) is 11.3 Å². The van der Waals surface area contributed by atoms with E-state index in [-0.39, 0.29) is 11.8 Å². The van der Waals surface area contributed by atoms with Gasteiger partial charge in [-0.15, -0.1) is 11.3 Å². The van der Waals surface area contributed by atoms with Gasteiger partial charge in [0.1, 0.15) is 0 Å². The van der Waals surface area contributed by atoms with Crippen molar-refractivity contribution in [2.75, 3.05) is 30.4 Å². The monoisotopic (exact) mass is 494 g/mol. The number of amides is 2. The Labute approximate surface area is 213 Å². The highest BCUT2D eigenvalue weighted by atomic mass is 32.1. The van der Waals surface area contributed by atoms with E-state index < -0.39 is 0 Å². The maximum absolute atomic E-state index is 13.1. The summed E-state index contributed by atoms with van der Waals surface area (Å²) in [5.74, 6) is 0.506. The van der Waals surface area contributed by atoms with Crippen LogP contribution in [-0.2, 0) is 16.0 Å². The zero-order valence-electron chi connectivity index (χ0n) is 21.1. The van der Waals surface area contributed by atoms with E-state index in [2.05, 4.69) is 42.4 Å². The highest BCUT2D eigenvalue weighted by molar-refractivity contribution is 7.16. The molecule has 6 nitrogen and oxygen atoms in total. The van der Waals surface area contributed by atoms with Crippen molar-refractivity contribution in [2.45, 2.75) is 83.6 Å². The van der Waals surface area contributed by atoms with Gasteiger partial charge in [0, 0.05) is 34.6 Å². The van der Waals surface area contributed by atoms with Crippen LogP contribution in [0.1, 0.15) is 74.6 Å². The Morgan fingerprint density at radius 1 is 1.09 bits per heavy atom. The van der Waals surface area contributed by atoms with E-state index in [1.165, 1.54) is 68.3 Å². The van der Waals surface area contributed by atoms with Gasteiger partial charge in [-0.25, -0.2) is 4.98 Å². The number of carbonyl (C=O) groups is 2. The number of aryl methyl sites for hydroxylation is 1. The van der Waals surface area contributed by atoms with Gasteiger partial charge < -0.3 is 10.2 Å². The number of fused-ring (bicyclic) bond motifs is 1. The molecule has 35 heavy (non-hydrogen) atoms. The maximum Gasteiger partial charge on any atom is 0.240 e. The van der Waals surface area contributed by atoms with Gasteiger partial charge in [0.15, 0.2) is 5.13 Å². The third kappa shape index (κ3) is 5.46. The third-order valence-electron chi connectivity index (χ3n) is 8.10. The Kier molecular flexibility index (Phi) is 7.54. The number of rotatable bonds is 6. The summed E-state index contributed by atoms with van der Waals surface area (Å²) in [5.41, 5.74) is 4.27. The summed E-state index contributed by atoms with van der Waals surface area (Å²) in [6.07, 6.45) is 12.8. The first kappa shape index (κ1) is 24.4. The van der Waals surface area contributed by atoms with Crippen LogP contribution >= 0.6 is 11.3 Å². The molecule has 0 saturated heterocycles. The molecule has 2 saturated carbocycles. The Balaban J connectivity index is 1.24. The SMILES string of the molecule is Cc1sc(NC(=O)CN(C)C2CCCCC2)nc1-c1ccc2c(c1)CCN2C(=O)C1CCCCC1. The number of nitrogens with one attached hydrogen (secondary N) is 1. The van der Waals surface area contributed by atoms with Crippen LogP contribution in [0.15, 0.2) is 18.2 Å². The molecule has 0 bridgehead atoms. The number of benzene rings is 1. The van der Waals surface area contributed by atoms with Crippen molar-refractivity contribution in [3.05, 3.63) is 28.6 Å². The fourth-order valence-electron chi connectivity index (χ4n) is 6.10. The molecule has 3 aliphatic rings. The summed E-state index contributed by atoms with van der Waals surface area (Å²) in [4.78, 5) is 35.9. The largest absolute Gasteiger partial charge is 0.312 e. The summed E-state index contributed by atoms with van der Waals surface area (Å²) in [5, 5.41) is 3.69. The first-order valence-corrected chi connectivity index (χ1v) is 14.2. The normalized spacial score (nSPS) is 19.2. The van der Waals surface area contributed by atoms with E-state index in [1.54, 1.807) is 0 Å². The van der Waals surface area contributed by atoms with Gasteiger partial charge in [0.25, 0.3) is 0 Å². The van der Waals surface area contributed by atoms with Crippen LogP contribution in [0.3, 0.4) is 0 Å². The average Bonchev–Trinajstić information content (AvgIpc) is 3.47. The zero-order chi connectivity index (χ0) is 24.4. The number of thiazole rings is 1. The molecule has 2 aromatic rings. The smallest absolute Gasteiger partial charge is 0.240 e. The maximum atomic E-state index is 13.1. The lowest BCUT2D eigenvalue weighted by Gasteiger charge is -2.30. The van der Waals surface area contributed by atoms with Crippen molar-refractivity contribution in [1.29, 1.82) is 0 Å². The zero-order valence-corrected chi connectivity index (χ0v) is 22.0. The number of likely N-dealkylation sites (N-methyl/N-ethyl adjacent to an activating group) is 1. The van der Waals surface area contributed by atoms with Gasteiger partial charge in [-0.05, 0) is 63.8 Å². The molecular formula is C28H38N4O2S. The van der Waals surface area contributed by atoms with Crippen molar-refractivity contribution >= 4 is 34.0 Å². The van der Waals surface area contributed by atoms with Gasteiger partial charge in [0.05, 0.1) is 12.2 Å². The second-order valence-corrected chi connectivity index (χ2v) is 11.8. The van der Waals surface area contributed by atoms with Crippen molar-refractivity contribution in [1.82, 2.24) is 9.88 Å². The van der Waals surface area contributed by atoms with E-state index in [1.807, 2.05) is 4.90 Å². The minimum atomic E-state index is 0.00388. The molecule has 1 aromatic carbocycles.